The number of carbonyl (C=O) groups excluding carboxylic acids is 1. The number of carboxylic acids is 1. The number of fused-ring (bicyclic) bond motifs is 1. The molecule has 9 nitrogen and oxygen atoms in total. The smallest absolute Gasteiger partial charge is 0.335 e. The van der Waals surface area contributed by atoms with Crippen LogP contribution in [0.2, 0.25) is 0 Å². The molecule has 0 saturated heterocycles. The first kappa shape index (κ1) is 25.4. The van der Waals surface area contributed by atoms with E-state index in [0.29, 0.717) is 45.5 Å². The molecule has 0 aliphatic carbocycles. The lowest BCUT2D eigenvalue weighted by Gasteiger charge is -2.14. The van der Waals surface area contributed by atoms with Gasteiger partial charge in [-0.05, 0) is 47.9 Å². The molecule has 3 aromatic carbocycles. The first-order valence-corrected chi connectivity index (χ1v) is 11.7. The van der Waals surface area contributed by atoms with Crippen LogP contribution in [0.3, 0.4) is 0 Å². The van der Waals surface area contributed by atoms with Crippen LogP contribution < -0.4 is 20.1 Å². The number of aromatic nitrogens is 2. The molecular weight excluding hydrogens is 472 g/mol. The van der Waals surface area contributed by atoms with Crippen molar-refractivity contribution < 1.29 is 24.2 Å². The fourth-order valence-corrected chi connectivity index (χ4v) is 4.11. The van der Waals surface area contributed by atoms with E-state index in [1.165, 1.54) is 12.1 Å². The highest BCUT2D eigenvalue weighted by Gasteiger charge is 2.18. The van der Waals surface area contributed by atoms with E-state index in [1.807, 2.05) is 38.1 Å². The minimum absolute atomic E-state index is 0.0507. The minimum atomic E-state index is -1.02. The van der Waals surface area contributed by atoms with Crippen molar-refractivity contribution in [3.05, 3.63) is 71.3 Å². The standard InChI is InChI=1S/C28H28N4O5/c1-15(2)20-12-17(9-10-19(20)27(34)35)26(33)30-18-8-6-7-16(11-18)25-21-13-23(36-4)24(37-5)14-22(21)31-28(29-3)32-25/h6-15H,1-5H3,(H,30,33)(H,34,35)(H,29,31,32). The summed E-state index contributed by atoms with van der Waals surface area (Å²) in [4.78, 5) is 33.8. The van der Waals surface area contributed by atoms with Crippen LogP contribution >= 0.6 is 0 Å². The van der Waals surface area contributed by atoms with Gasteiger partial charge >= 0.3 is 5.97 Å². The number of aromatic carboxylic acids is 1. The number of nitrogens with zero attached hydrogens (tertiary/aromatic N) is 2. The van der Waals surface area contributed by atoms with E-state index in [2.05, 4.69) is 20.6 Å². The maximum absolute atomic E-state index is 13.1. The van der Waals surface area contributed by atoms with Crippen molar-refractivity contribution in [2.75, 3.05) is 31.9 Å². The molecule has 37 heavy (non-hydrogen) atoms. The molecule has 0 saturated carbocycles. The number of benzene rings is 3. The maximum Gasteiger partial charge on any atom is 0.335 e. The Hall–Kier alpha value is -4.66. The molecule has 0 aliphatic heterocycles. The Kier molecular flexibility index (Phi) is 7.24. The van der Waals surface area contributed by atoms with E-state index in [-0.39, 0.29) is 17.4 Å². The lowest BCUT2D eigenvalue weighted by molar-refractivity contribution is 0.0694. The second-order valence-corrected chi connectivity index (χ2v) is 8.67. The first-order chi connectivity index (χ1) is 17.7. The zero-order valence-corrected chi connectivity index (χ0v) is 21.2. The molecule has 0 unspecified atom stereocenters. The SMILES string of the molecule is CNc1nc(-c2cccc(NC(=O)c3ccc(C(=O)O)c(C(C)C)c3)c2)c2cc(OC)c(OC)cc2n1. The number of hydrogen-bond donors (Lipinski definition) is 3. The van der Waals surface area contributed by atoms with Gasteiger partial charge in [-0.15, -0.1) is 0 Å². The first-order valence-electron chi connectivity index (χ1n) is 11.7. The molecule has 9 heteroatoms. The molecule has 0 bridgehead atoms. The molecule has 0 aliphatic rings. The second-order valence-electron chi connectivity index (χ2n) is 8.67. The number of rotatable bonds is 8. The Balaban J connectivity index is 1.73. The van der Waals surface area contributed by atoms with Gasteiger partial charge in [0.2, 0.25) is 5.95 Å². The summed E-state index contributed by atoms with van der Waals surface area (Å²) >= 11 is 0. The monoisotopic (exact) mass is 500 g/mol. The number of anilines is 2. The van der Waals surface area contributed by atoms with Gasteiger partial charge < -0.3 is 25.2 Å². The van der Waals surface area contributed by atoms with E-state index in [1.54, 1.807) is 39.5 Å². The average Bonchev–Trinajstić information content (AvgIpc) is 2.91. The number of nitrogens with one attached hydrogen (secondary N) is 2. The minimum Gasteiger partial charge on any atom is -0.493 e. The van der Waals surface area contributed by atoms with Gasteiger partial charge in [-0.25, -0.2) is 14.8 Å². The molecular formula is C28H28N4O5. The third-order valence-electron chi connectivity index (χ3n) is 5.98. The molecule has 4 aromatic rings. The summed E-state index contributed by atoms with van der Waals surface area (Å²) in [6.07, 6.45) is 0. The molecule has 1 aromatic heterocycles. The van der Waals surface area contributed by atoms with Crippen LogP contribution in [0.1, 0.15) is 46.0 Å². The molecule has 1 heterocycles. The Morgan fingerprint density at radius 2 is 1.68 bits per heavy atom. The maximum atomic E-state index is 13.1. The van der Waals surface area contributed by atoms with Gasteiger partial charge in [0, 0.05) is 35.3 Å². The molecule has 0 radical (unpaired) electrons. The number of amides is 1. The Morgan fingerprint density at radius 3 is 2.32 bits per heavy atom. The van der Waals surface area contributed by atoms with Crippen molar-refractivity contribution in [3.63, 3.8) is 0 Å². The zero-order valence-electron chi connectivity index (χ0n) is 21.2. The second kappa shape index (κ2) is 10.5. The molecule has 0 atom stereocenters. The number of ether oxygens (including phenoxy) is 2. The van der Waals surface area contributed by atoms with Crippen LogP contribution in [-0.2, 0) is 0 Å². The molecule has 4 rings (SSSR count). The van der Waals surface area contributed by atoms with E-state index in [4.69, 9.17) is 9.47 Å². The van der Waals surface area contributed by atoms with Crippen molar-refractivity contribution in [3.8, 4) is 22.8 Å². The highest BCUT2D eigenvalue weighted by Crippen LogP contribution is 2.36. The van der Waals surface area contributed by atoms with Gasteiger partial charge in [-0.2, -0.15) is 0 Å². The van der Waals surface area contributed by atoms with Gasteiger partial charge in [0.05, 0.1) is 31.0 Å². The van der Waals surface area contributed by atoms with Gasteiger partial charge in [-0.3, -0.25) is 4.79 Å². The fraction of sp³-hybridized carbons (Fsp3) is 0.214. The largest absolute Gasteiger partial charge is 0.493 e. The van der Waals surface area contributed by atoms with Crippen LogP contribution in [0.5, 0.6) is 11.5 Å². The quantitative estimate of drug-likeness (QED) is 0.293. The summed E-state index contributed by atoms with van der Waals surface area (Å²) in [6, 6.07) is 15.6. The summed E-state index contributed by atoms with van der Waals surface area (Å²) in [6.45, 7) is 3.78. The predicted molar refractivity (Wildman–Crippen MR) is 143 cm³/mol. The topological polar surface area (TPSA) is 123 Å². The number of hydrogen-bond acceptors (Lipinski definition) is 7. The number of methoxy groups -OCH3 is 2. The predicted octanol–water partition coefficient (Wildman–Crippen LogP) is 5.43. The van der Waals surface area contributed by atoms with Crippen molar-refractivity contribution in [1.82, 2.24) is 9.97 Å². The summed E-state index contributed by atoms with van der Waals surface area (Å²) in [7, 11) is 4.87. The van der Waals surface area contributed by atoms with Crippen molar-refractivity contribution in [2.24, 2.45) is 0 Å². The summed E-state index contributed by atoms with van der Waals surface area (Å²) in [5.41, 5.74) is 3.82. The van der Waals surface area contributed by atoms with Crippen molar-refractivity contribution >= 4 is 34.4 Å². The third-order valence-corrected chi connectivity index (χ3v) is 5.98. The van der Waals surface area contributed by atoms with E-state index in [0.717, 1.165) is 10.9 Å². The zero-order chi connectivity index (χ0) is 26.7. The summed E-state index contributed by atoms with van der Waals surface area (Å²) < 4.78 is 10.9. The highest BCUT2D eigenvalue weighted by atomic mass is 16.5. The summed E-state index contributed by atoms with van der Waals surface area (Å²) in [5, 5.41) is 16.1. The number of carbonyl (C=O) groups is 2. The molecule has 1 amide bonds. The highest BCUT2D eigenvalue weighted by molar-refractivity contribution is 6.05. The Bertz CT molecular complexity index is 1500. The molecule has 3 N–H and O–H groups in total. The lowest BCUT2D eigenvalue weighted by Crippen LogP contribution is -2.14. The van der Waals surface area contributed by atoms with Gasteiger partial charge in [0.1, 0.15) is 0 Å². The number of carboxylic acid groups (broad SMARTS) is 1. The summed E-state index contributed by atoms with van der Waals surface area (Å²) in [5.74, 6) is 0.125. The van der Waals surface area contributed by atoms with Crippen molar-refractivity contribution in [1.29, 1.82) is 0 Å². The molecule has 190 valence electrons. The fourth-order valence-electron chi connectivity index (χ4n) is 4.11. The third kappa shape index (κ3) is 5.16. The van der Waals surface area contributed by atoms with Crippen LogP contribution in [0.15, 0.2) is 54.6 Å². The van der Waals surface area contributed by atoms with Crippen LogP contribution in [0.4, 0.5) is 11.6 Å². The normalized spacial score (nSPS) is 10.9. The van der Waals surface area contributed by atoms with E-state index >= 15 is 0 Å². The molecule has 0 fully saturated rings. The van der Waals surface area contributed by atoms with Gasteiger partial charge in [0.15, 0.2) is 11.5 Å². The Morgan fingerprint density at radius 1 is 0.946 bits per heavy atom. The van der Waals surface area contributed by atoms with Gasteiger partial charge in [-0.1, -0.05) is 26.0 Å². The Labute approximate surface area is 214 Å². The van der Waals surface area contributed by atoms with Crippen molar-refractivity contribution in [2.45, 2.75) is 19.8 Å². The van der Waals surface area contributed by atoms with Crippen LogP contribution in [0.25, 0.3) is 22.2 Å². The van der Waals surface area contributed by atoms with E-state index in [9.17, 15) is 14.7 Å². The van der Waals surface area contributed by atoms with Crippen LogP contribution in [-0.4, -0.2) is 48.2 Å². The lowest BCUT2D eigenvalue weighted by atomic mass is 9.94. The average molecular weight is 501 g/mol. The van der Waals surface area contributed by atoms with Crippen LogP contribution in [0, 0.1) is 0 Å². The van der Waals surface area contributed by atoms with E-state index < -0.39 is 5.97 Å². The molecule has 0 spiro atoms. The van der Waals surface area contributed by atoms with Gasteiger partial charge in [0.25, 0.3) is 5.91 Å².